The predicted molar refractivity (Wildman–Crippen MR) is 93.0 cm³/mol. The maximum Gasteiger partial charge on any atom is 0.573 e. The van der Waals surface area contributed by atoms with E-state index in [0.717, 1.165) is 12.1 Å². The Labute approximate surface area is 156 Å². The van der Waals surface area contributed by atoms with Gasteiger partial charge in [-0.1, -0.05) is 23.2 Å². The molecule has 3 N–H and O–H groups in total. The van der Waals surface area contributed by atoms with Crippen molar-refractivity contribution in [3.63, 3.8) is 0 Å². The lowest BCUT2D eigenvalue weighted by molar-refractivity contribution is -0.274. The van der Waals surface area contributed by atoms with Gasteiger partial charge in [0, 0.05) is 11.9 Å². The summed E-state index contributed by atoms with van der Waals surface area (Å²) < 4.78 is 45.4. The molecule has 0 saturated carbocycles. The van der Waals surface area contributed by atoms with Gasteiger partial charge in [-0.3, -0.25) is 0 Å². The molecule has 0 radical (unpaired) electrons. The summed E-state index contributed by atoms with van der Waals surface area (Å²) in [4.78, 5) is 7.94. The largest absolute Gasteiger partial charge is 0.573 e. The van der Waals surface area contributed by atoms with Crippen molar-refractivity contribution in [1.82, 2.24) is 4.98 Å². The molecule has 0 fully saturated rings. The Balaban J connectivity index is 1.80. The van der Waals surface area contributed by atoms with Gasteiger partial charge >= 0.3 is 6.36 Å². The lowest BCUT2D eigenvalue weighted by Crippen LogP contribution is -2.23. The van der Waals surface area contributed by atoms with Gasteiger partial charge in [-0.2, -0.15) is 0 Å². The maximum atomic E-state index is 12.1. The first-order valence-corrected chi connectivity index (χ1v) is 7.85. The minimum Gasteiger partial charge on any atom is -0.475 e. The number of rotatable bonds is 6. The monoisotopic (exact) mass is 408 g/mol. The predicted octanol–water partition coefficient (Wildman–Crippen LogP) is 4.09. The van der Waals surface area contributed by atoms with Crippen LogP contribution in [0.1, 0.15) is 0 Å². The number of benzene rings is 1. The number of aromatic nitrogens is 1. The quantitative estimate of drug-likeness (QED) is 0.427. The van der Waals surface area contributed by atoms with E-state index in [-0.39, 0.29) is 35.8 Å². The minimum atomic E-state index is -4.74. The summed E-state index contributed by atoms with van der Waals surface area (Å²) >= 11 is 11.6. The van der Waals surface area contributed by atoms with Gasteiger partial charge < -0.3 is 20.5 Å². The molecule has 1 aromatic heterocycles. The Morgan fingerprint density at radius 1 is 1.23 bits per heavy atom. The van der Waals surface area contributed by atoms with Crippen molar-refractivity contribution in [2.75, 3.05) is 18.5 Å². The highest BCUT2D eigenvalue weighted by Crippen LogP contribution is 2.25. The third-order valence-electron chi connectivity index (χ3n) is 2.75. The van der Waals surface area contributed by atoms with Crippen LogP contribution in [0.5, 0.6) is 11.6 Å². The second kappa shape index (κ2) is 8.81. The Kier molecular flexibility index (Phi) is 6.76. The first kappa shape index (κ1) is 19.9. The number of pyridine rings is 1. The number of nitrogens with zero attached hydrogens (tertiary/aromatic N) is 2. The third kappa shape index (κ3) is 6.85. The molecule has 6 nitrogen and oxygen atoms in total. The lowest BCUT2D eigenvalue weighted by atomic mass is 10.3. The first-order valence-electron chi connectivity index (χ1n) is 7.09. The van der Waals surface area contributed by atoms with Crippen LogP contribution in [-0.4, -0.2) is 30.5 Å². The molecule has 2 aromatic rings. The van der Waals surface area contributed by atoms with Gasteiger partial charge in [0.1, 0.15) is 17.4 Å². The molecule has 140 valence electrons. The first-order chi connectivity index (χ1) is 12.2. The van der Waals surface area contributed by atoms with Gasteiger partial charge in [0.15, 0.2) is 5.96 Å². The summed E-state index contributed by atoms with van der Waals surface area (Å²) in [5.74, 6) is -0.0504. The zero-order chi connectivity index (χ0) is 19.2. The normalized spacial score (nSPS) is 12.0. The van der Waals surface area contributed by atoms with E-state index in [2.05, 4.69) is 20.0 Å². The number of guanidine groups is 1. The van der Waals surface area contributed by atoms with Crippen LogP contribution < -0.4 is 20.5 Å². The summed E-state index contributed by atoms with van der Waals surface area (Å²) in [5.41, 5.74) is 6.14. The second-order valence-corrected chi connectivity index (χ2v) is 5.60. The van der Waals surface area contributed by atoms with E-state index in [1.807, 2.05) is 0 Å². The van der Waals surface area contributed by atoms with Crippen molar-refractivity contribution in [2.24, 2.45) is 10.7 Å². The number of ether oxygens (including phenoxy) is 2. The number of anilines is 1. The fourth-order valence-corrected chi connectivity index (χ4v) is 2.18. The molecule has 0 bridgehead atoms. The molecule has 26 heavy (non-hydrogen) atoms. The zero-order valence-corrected chi connectivity index (χ0v) is 14.6. The van der Waals surface area contributed by atoms with Gasteiger partial charge in [0.2, 0.25) is 5.88 Å². The topological polar surface area (TPSA) is 81.8 Å². The Bertz CT molecular complexity index is 770. The van der Waals surface area contributed by atoms with Gasteiger partial charge in [-0.15, -0.1) is 13.2 Å². The molecular weight excluding hydrogens is 396 g/mol. The number of alkyl halides is 3. The molecule has 2 rings (SSSR count). The van der Waals surface area contributed by atoms with Crippen LogP contribution in [0.3, 0.4) is 0 Å². The molecular formula is C15H13Cl2F3N4O2. The molecule has 0 aliphatic heterocycles. The van der Waals surface area contributed by atoms with Crippen molar-refractivity contribution >= 4 is 34.8 Å². The Morgan fingerprint density at radius 3 is 2.54 bits per heavy atom. The number of hydrogen-bond acceptors (Lipinski definition) is 4. The van der Waals surface area contributed by atoms with Crippen molar-refractivity contribution in [3.05, 3.63) is 46.6 Å². The summed E-state index contributed by atoms with van der Waals surface area (Å²) in [7, 11) is 0. The molecule has 0 aliphatic rings. The van der Waals surface area contributed by atoms with Gasteiger partial charge in [-0.05, 0) is 30.3 Å². The minimum absolute atomic E-state index is 0.0632. The van der Waals surface area contributed by atoms with E-state index in [9.17, 15) is 13.2 Å². The number of nitrogens with one attached hydrogen (secondary N) is 1. The van der Waals surface area contributed by atoms with Gasteiger partial charge in [-0.25, -0.2) is 9.98 Å². The second-order valence-electron chi connectivity index (χ2n) is 4.75. The SMILES string of the molecule is NC(=NCCOc1ncc(Cl)cc1Cl)Nc1ccc(OC(F)(F)F)cc1. The molecule has 0 atom stereocenters. The van der Waals surface area contributed by atoms with Crippen molar-refractivity contribution < 1.29 is 22.6 Å². The van der Waals surface area contributed by atoms with E-state index in [1.165, 1.54) is 24.4 Å². The van der Waals surface area contributed by atoms with E-state index in [0.29, 0.717) is 10.7 Å². The molecule has 0 amide bonds. The van der Waals surface area contributed by atoms with Crippen LogP contribution in [0.15, 0.2) is 41.5 Å². The van der Waals surface area contributed by atoms with Crippen molar-refractivity contribution in [3.8, 4) is 11.6 Å². The number of hydrogen-bond donors (Lipinski definition) is 2. The third-order valence-corrected chi connectivity index (χ3v) is 3.22. The lowest BCUT2D eigenvalue weighted by Gasteiger charge is -2.10. The van der Waals surface area contributed by atoms with Crippen LogP contribution in [0, 0.1) is 0 Å². The average molecular weight is 409 g/mol. The molecule has 0 aliphatic carbocycles. The number of nitrogens with two attached hydrogens (primary N) is 1. The maximum absolute atomic E-state index is 12.1. The Hall–Kier alpha value is -2.39. The number of halogens is 5. The van der Waals surface area contributed by atoms with Gasteiger partial charge in [0.05, 0.1) is 11.6 Å². The smallest absolute Gasteiger partial charge is 0.475 e. The van der Waals surface area contributed by atoms with Crippen LogP contribution in [-0.2, 0) is 0 Å². The fraction of sp³-hybridized carbons (Fsp3) is 0.200. The molecule has 0 unspecified atom stereocenters. The molecule has 11 heteroatoms. The van der Waals surface area contributed by atoms with E-state index in [1.54, 1.807) is 0 Å². The number of aliphatic imine (C=N–C) groups is 1. The fourth-order valence-electron chi connectivity index (χ4n) is 1.74. The summed E-state index contributed by atoms with van der Waals surface area (Å²) in [6, 6.07) is 6.55. The molecule has 1 heterocycles. The highest BCUT2D eigenvalue weighted by molar-refractivity contribution is 6.35. The summed E-state index contributed by atoms with van der Waals surface area (Å²) in [5, 5.41) is 3.39. The molecule has 1 aromatic carbocycles. The molecule has 0 spiro atoms. The van der Waals surface area contributed by atoms with Crippen LogP contribution in [0.4, 0.5) is 18.9 Å². The van der Waals surface area contributed by atoms with Crippen LogP contribution in [0.25, 0.3) is 0 Å². The van der Waals surface area contributed by atoms with Gasteiger partial charge in [0.25, 0.3) is 0 Å². The summed E-state index contributed by atoms with van der Waals surface area (Å²) in [6.45, 7) is 0.365. The van der Waals surface area contributed by atoms with Crippen molar-refractivity contribution in [1.29, 1.82) is 0 Å². The average Bonchev–Trinajstić information content (AvgIpc) is 2.54. The molecule has 0 saturated heterocycles. The van der Waals surface area contributed by atoms with Crippen molar-refractivity contribution in [2.45, 2.75) is 6.36 Å². The highest BCUT2D eigenvalue weighted by atomic mass is 35.5. The summed E-state index contributed by atoms with van der Waals surface area (Å²) in [6.07, 6.45) is -3.34. The standard InChI is InChI=1S/C15H13Cl2F3N4O2/c16-9-7-12(17)13(23-8-9)25-6-5-22-14(21)24-10-1-3-11(4-2-10)26-15(18,19)20/h1-4,7-8H,5-6H2,(H3,21,22,24). The zero-order valence-electron chi connectivity index (χ0n) is 13.1. The van der Waals surface area contributed by atoms with E-state index < -0.39 is 6.36 Å². The Morgan fingerprint density at radius 2 is 1.92 bits per heavy atom. The highest BCUT2D eigenvalue weighted by Gasteiger charge is 2.30. The van der Waals surface area contributed by atoms with Crippen LogP contribution in [0.2, 0.25) is 10.0 Å². The van der Waals surface area contributed by atoms with E-state index in [4.69, 9.17) is 33.7 Å². The van der Waals surface area contributed by atoms with E-state index >= 15 is 0 Å². The van der Waals surface area contributed by atoms with Crippen LogP contribution >= 0.6 is 23.2 Å².